The zero-order valence-electron chi connectivity index (χ0n) is 21.6. The smallest absolute Gasteiger partial charge is 0.251 e. The van der Waals surface area contributed by atoms with E-state index in [4.69, 9.17) is 26.7 Å². The number of halogens is 1. The molecule has 6 nitrogen and oxygen atoms in total. The molecule has 1 heterocycles. The molecule has 0 unspecified atom stereocenters. The van der Waals surface area contributed by atoms with Crippen LogP contribution in [0.4, 0.5) is 5.69 Å². The molecule has 0 radical (unpaired) electrons. The average molecular weight is 510 g/mol. The summed E-state index contributed by atoms with van der Waals surface area (Å²) in [5.41, 5.74) is 0.845. The van der Waals surface area contributed by atoms with Gasteiger partial charge in [-0.05, 0) is 75.4 Å². The quantitative estimate of drug-likeness (QED) is 0.510. The second-order valence-electron chi connectivity index (χ2n) is 11.2. The number of carbonyl (C=O) groups excluding carboxylic acids is 1. The summed E-state index contributed by atoms with van der Waals surface area (Å²) in [6.45, 7) is 10.5. The minimum Gasteiger partial charge on any atom is -0.487 e. The van der Waals surface area contributed by atoms with Crippen molar-refractivity contribution in [2.45, 2.75) is 64.5 Å². The van der Waals surface area contributed by atoms with Gasteiger partial charge in [0.15, 0.2) is 0 Å². The lowest BCUT2D eigenvalue weighted by Crippen LogP contribution is -2.77. The van der Waals surface area contributed by atoms with Crippen molar-refractivity contribution >= 4 is 23.2 Å². The van der Waals surface area contributed by atoms with Crippen molar-refractivity contribution < 1.29 is 14.6 Å². The van der Waals surface area contributed by atoms with Gasteiger partial charge >= 0.3 is 0 Å². The van der Waals surface area contributed by atoms with Crippen LogP contribution in [0.2, 0.25) is 5.02 Å². The molecule has 2 aromatic rings. The zero-order chi connectivity index (χ0) is 26.1. The van der Waals surface area contributed by atoms with Crippen LogP contribution in [-0.4, -0.2) is 41.9 Å². The Labute approximate surface area is 219 Å². The van der Waals surface area contributed by atoms with Crippen molar-refractivity contribution in [2.75, 3.05) is 24.6 Å². The Hall–Kier alpha value is -2.75. The number of rotatable bonds is 7. The van der Waals surface area contributed by atoms with Gasteiger partial charge in [0, 0.05) is 48.8 Å². The van der Waals surface area contributed by atoms with Crippen LogP contribution in [-0.2, 0) is 0 Å². The molecule has 0 aromatic heterocycles. The lowest BCUT2D eigenvalue weighted by atomic mass is 9.48. The SMILES string of the molecule is CC1(C)[C@](C)(NC(=O)c2ccc(N3CCC(CCO)CC3)cc2)C[C@@]1(C)Oc1ccc(C#N)c(Cl)c1. The first-order valence-electron chi connectivity index (χ1n) is 12.7. The number of ether oxygens (including phenoxy) is 1. The summed E-state index contributed by atoms with van der Waals surface area (Å²) in [5, 5.41) is 21.9. The van der Waals surface area contributed by atoms with Gasteiger partial charge in [0.25, 0.3) is 5.91 Å². The standard InChI is InChI=1S/C29H36ClN3O3/c1-27(2)28(3,19-29(27,4)36-24-10-7-22(18-31)25(30)17-24)32-26(35)21-5-8-23(9-6-21)33-14-11-20(12-15-33)13-16-34/h5-10,17,20,34H,11-16,19H2,1-4H3,(H,32,35)/t28-,29-/m1/s1. The van der Waals surface area contributed by atoms with E-state index in [2.05, 4.69) is 37.1 Å². The molecule has 2 N–H and O–H groups in total. The molecule has 1 saturated carbocycles. The van der Waals surface area contributed by atoms with E-state index in [1.807, 2.05) is 31.2 Å². The number of hydrogen-bond donors (Lipinski definition) is 2. The molecular formula is C29H36ClN3O3. The van der Waals surface area contributed by atoms with Crippen LogP contribution in [0.1, 0.15) is 69.3 Å². The largest absolute Gasteiger partial charge is 0.487 e. The van der Waals surface area contributed by atoms with E-state index >= 15 is 0 Å². The highest BCUT2D eigenvalue weighted by Crippen LogP contribution is 2.58. The monoisotopic (exact) mass is 509 g/mol. The Morgan fingerprint density at radius 2 is 1.83 bits per heavy atom. The third kappa shape index (κ3) is 4.79. The Morgan fingerprint density at radius 3 is 2.39 bits per heavy atom. The van der Waals surface area contributed by atoms with Crippen LogP contribution in [0, 0.1) is 22.7 Å². The van der Waals surface area contributed by atoms with E-state index in [0.29, 0.717) is 34.2 Å². The Morgan fingerprint density at radius 1 is 1.17 bits per heavy atom. The number of aliphatic hydroxyl groups is 1. The fourth-order valence-corrected chi connectivity index (χ4v) is 5.89. The molecule has 4 rings (SSSR count). The molecule has 2 aliphatic rings. The van der Waals surface area contributed by atoms with Gasteiger partial charge in [0.1, 0.15) is 17.4 Å². The van der Waals surface area contributed by atoms with Gasteiger partial charge in [0.2, 0.25) is 0 Å². The first-order chi connectivity index (χ1) is 17.0. The Bertz CT molecular complexity index is 1150. The van der Waals surface area contributed by atoms with Crippen LogP contribution in [0.5, 0.6) is 5.75 Å². The van der Waals surface area contributed by atoms with Gasteiger partial charge in [-0.25, -0.2) is 0 Å². The number of nitrogens with one attached hydrogen (secondary N) is 1. The number of nitrogens with zero attached hydrogens (tertiary/aromatic N) is 2. The number of carbonyl (C=O) groups is 1. The highest BCUT2D eigenvalue weighted by atomic mass is 35.5. The van der Waals surface area contributed by atoms with Crippen molar-refractivity contribution in [1.29, 1.82) is 5.26 Å². The Kier molecular flexibility index (Phi) is 7.28. The summed E-state index contributed by atoms with van der Waals surface area (Å²) in [4.78, 5) is 15.5. The van der Waals surface area contributed by atoms with E-state index in [-0.39, 0.29) is 17.9 Å². The fraction of sp³-hybridized carbons (Fsp3) is 0.517. The molecule has 7 heteroatoms. The maximum absolute atomic E-state index is 13.2. The first-order valence-corrected chi connectivity index (χ1v) is 13.1. The lowest BCUT2D eigenvalue weighted by molar-refractivity contribution is -0.180. The van der Waals surface area contributed by atoms with Crippen molar-refractivity contribution in [3.05, 3.63) is 58.6 Å². The molecule has 2 fully saturated rings. The molecule has 36 heavy (non-hydrogen) atoms. The summed E-state index contributed by atoms with van der Waals surface area (Å²) >= 11 is 6.19. The van der Waals surface area contributed by atoms with Crippen molar-refractivity contribution in [1.82, 2.24) is 5.32 Å². The van der Waals surface area contributed by atoms with Crippen molar-refractivity contribution in [3.63, 3.8) is 0 Å². The van der Waals surface area contributed by atoms with Crippen LogP contribution in [0.25, 0.3) is 0 Å². The molecule has 1 saturated heterocycles. The zero-order valence-corrected chi connectivity index (χ0v) is 22.4. The Balaban J connectivity index is 1.38. The summed E-state index contributed by atoms with van der Waals surface area (Å²) in [7, 11) is 0. The number of amides is 1. The maximum atomic E-state index is 13.2. The van der Waals surface area contributed by atoms with Crippen LogP contribution in [0.15, 0.2) is 42.5 Å². The minimum absolute atomic E-state index is 0.0951. The van der Waals surface area contributed by atoms with Gasteiger partial charge in [-0.2, -0.15) is 5.26 Å². The highest BCUT2D eigenvalue weighted by molar-refractivity contribution is 6.31. The number of piperidine rings is 1. The lowest BCUT2D eigenvalue weighted by Gasteiger charge is -2.65. The van der Waals surface area contributed by atoms with Crippen molar-refractivity contribution in [2.24, 2.45) is 11.3 Å². The molecule has 1 aliphatic carbocycles. The predicted octanol–water partition coefficient (Wildman–Crippen LogP) is 5.57. The van der Waals surface area contributed by atoms with E-state index in [0.717, 1.165) is 38.0 Å². The third-order valence-corrected chi connectivity index (χ3v) is 9.15. The van der Waals surface area contributed by atoms with Gasteiger partial charge < -0.3 is 20.1 Å². The number of nitriles is 1. The molecule has 1 aliphatic heterocycles. The van der Waals surface area contributed by atoms with Crippen molar-refractivity contribution in [3.8, 4) is 11.8 Å². The molecule has 192 valence electrons. The van der Waals surface area contributed by atoms with E-state index in [9.17, 15) is 4.79 Å². The predicted molar refractivity (Wildman–Crippen MR) is 143 cm³/mol. The minimum atomic E-state index is -0.515. The summed E-state index contributed by atoms with van der Waals surface area (Å²) in [6, 6.07) is 15.0. The van der Waals surface area contributed by atoms with E-state index in [1.54, 1.807) is 18.2 Å². The van der Waals surface area contributed by atoms with E-state index in [1.165, 1.54) is 0 Å². The topological polar surface area (TPSA) is 85.6 Å². The van der Waals surface area contributed by atoms with Crippen LogP contribution < -0.4 is 15.0 Å². The molecule has 1 amide bonds. The van der Waals surface area contributed by atoms with Gasteiger partial charge in [-0.1, -0.05) is 25.4 Å². The van der Waals surface area contributed by atoms with Gasteiger partial charge in [-0.3, -0.25) is 4.79 Å². The van der Waals surface area contributed by atoms with E-state index < -0.39 is 11.1 Å². The average Bonchev–Trinajstić information content (AvgIpc) is 2.84. The number of benzene rings is 2. The second kappa shape index (κ2) is 9.95. The highest BCUT2D eigenvalue weighted by Gasteiger charge is 2.67. The first kappa shape index (κ1) is 26.3. The van der Waals surface area contributed by atoms with Crippen LogP contribution >= 0.6 is 11.6 Å². The van der Waals surface area contributed by atoms with Crippen LogP contribution in [0.3, 0.4) is 0 Å². The summed E-state index contributed by atoms with van der Waals surface area (Å²) in [6.07, 6.45) is 3.70. The summed E-state index contributed by atoms with van der Waals surface area (Å²) in [5.74, 6) is 1.12. The normalized spacial score (nSPS) is 25.5. The molecule has 2 atom stereocenters. The van der Waals surface area contributed by atoms with Gasteiger partial charge in [-0.15, -0.1) is 0 Å². The number of anilines is 1. The van der Waals surface area contributed by atoms with Gasteiger partial charge in [0.05, 0.1) is 16.1 Å². The number of hydrogen-bond acceptors (Lipinski definition) is 5. The molecule has 0 bridgehead atoms. The molecule has 2 aromatic carbocycles. The molecule has 0 spiro atoms. The maximum Gasteiger partial charge on any atom is 0.251 e. The third-order valence-electron chi connectivity index (χ3n) is 8.83. The summed E-state index contributed by atoms with van der Waals surface area (Å²) < 4.78 is 6.36. The fourth-order valence-electron chi connectivity index (χ4n) is 5.68. The second-order valence-corrected chi connectivity index (χ2v) is 11.6. The number of aliphatic hydroxyl groups excluding tert-OH is 1. The molecular weight excluding hydrogens is 474 g/mol.